The molecule has 0 amide bonds. The molecule has 1 aliphatic carbocycles. The Hall–Kier alpha value is -0.380. The number of hydrogen-bond donors (Lipinski definition) is 2. The molecular formula is C13H27N3. The van der Waals surface area contributed by atoms with E-state index in [-0.39, 0.29) is 5.54 Å². The van der Waals surface area contributed by atoms with Crippen LogP contribution >= 0.6 is 0 Å². The van der Waals surface area contributed by atoms with Crippen molar-refractivity contribution in [1.82, 2.24) is 10.3 Å². The maximum absolute atomic E-state index is 5.72. The summed E-state index contributed by atoms with van der Waals surface area (Å²) < 4.78 is 0. The van der Waals surface area contributed by atoms with Crippen molar-refractivity contribution in [1.29, 1.82) is 0 Å². The number of nitrogens with zero attached hydrogens (tertiary/aromatic N) is 1. The van der Waals surface area contributed by atoms with E-state index in [0.29, 0.717) is 6.04 Å². The Labute approximate surface area is 100 Å². The number of hydrazine groups is 1. The SMILES string of the molecule is C=CCC(NN)C1(N(C)C)CCC(C)CC1. The van der Waals surface area contributed by atoms with Crippen LogP contribution in [0.2, 0.25) is 0 Å². The second kappa shape index (κ2) is 5.80. The summed E-state index contributed by atoms with van der Waals surface area (Å²) in [5.41, 5.74) is 3.20. The lowest BCUT2D eigenvalue weighted by Gasteiger charge is -2.49. The normalized spacial score (nSPS) is 32.7. The van der Waals surface area contributed by atoms with E-state index in [1.165, 1.54) is 25.7 Å². The van der Waals surface area contributed by atoms with Gasteiger partial charge in [0.1, 0.15) is 0 Å². The molecule has 1 saturated carbocycles. The van der Waals surface area contributed by atoms with E-state index in [1.54, 1.807) is 0 Å². The monoisotopic (exact) mass is 225 g/mol. The Balaban J connectivity index is 2.82. The van der Waals surface area contributed by atoms with Gasteiger partial charge in [0, 0.05) is 11.6 Å². The predicted octanol–water partition coefficient (Wildman–Crippen LogP) is 1.90. The molecule has 3 nitrogen and oxygen atoms in total. The minimum absolute atomic E-state index is 0.204. The zero-order valence-corrected chi connectivity index (χ0v) is 11.0. The van der Waals surface area contributed by atoms with Gasteiger partial charge in [0.2, 0.25) is 0 Å². The van der Waals surface area contributed by atoms with E-state index in [4.69, 9.17) is 5.84 Å². The minimum Gasteiger partial charge on any atom is -0.302 e. The summed E-state index contributed by atoms with van der Waals surface area (Å²) in [6, 6.07) is 0.312. The molecule has 0 spiro atoms. The number of hydrogen-bond acceptors (Lipinski definition) is 3. The zero-order valence-electron chi connectivity index (χ0n) is 11.0. The predicted molar refractivity (Wildman–Crippen MR) is 70.0 cm³/mol. The highest BCUT2D eigenvalue weighted by Gasteiger charge is 2.41. The zero-order chi connectivity index (χ0) is 12.2. The average Bonchev–Trinajstić information content (AvgIpc) is 2.27. The van der Waals surface area contributed by atoms with Crippen molar-refractivity contribution >= 4 is 0 Å². The molecule has 0 aromatic heterocycles. The molecule has 0 aromatic rings. The standard InChI is InChI=1S/C13H27N3/c1-5-6-12(15-14)13(16(3)4)9-7-11(2)8-10-13/h5,11-12,15H,1,6-10,14H2,2-4H3. The third kappa shape index (κ3) is 2.65. The summed E-state index contributed by atoms with van der Waals surface area (Å²) in [6.07, 6.45) is 7.95. The van der Waals surface area contributed by atoms with E-state index in [1.807, 2.05) is 6.08 Å². The first-order valence-corrected chi connectivity index (χ1v) is 6.31. The minimum atomic E-state index is 0.204. The van der Waals surface area contributed by atoms with Crippen molar-refractivity contribution in [2.24, 2.45) is 11.8 Å². The topological polar surface area (TPSA) is 41.3 Å². The van der Waals surface area contributed by atoms with Crippen LogP contribution in [0.15, 0.2) is 12.7 Å². The molecule has 0 aromatic carbocycles. The van der Waals surface area contributed by atoms with Crippen molar-refractivity contribution in [3.8, 4) is 0 Å². The smallest absolute Gasteiger partial charge is 0.0428 e. The average molecular weight is 225 g/mol. The molecule has 1 atom stereocenters. The van der Waals surface area contributed by atoms with Gasteiger partial charge in [-0.15, -0.1) is 6.58 Å². The summed E-state index contributed by atoms with van der Waals surface area (Å²) in [7, 11) is 4.34. The van der Waals surface area contributed by atoms with E-state index in [2.05, 4.69) is 37.9 Å². The molecule has 16 heavy (non-hydrogen) atoms. The number of nitrogens with two attached hydrogens (primary N) is 1. The largest absolute Gasteiger partial charge is 0.302 e. The highest BCUT2D eigenvalue weighted by molar-refractivity contribution is 5.02. The lowest BCUT2D eigenvalue weighted by molar-refractivity contribution is 0.0444. The Morgan fingerprint density at radius 3 is 2.44 bits per heavy atom. The van der Waals surface area contributed by atoms with Gasteiger partial charge >= 0.3 is 0 Å². The summed E-state index contributed by atoms with van der Waals surface area (Å²) in [5.74, 6) is 6.58. The number of rotatable bonds is 5. The molecule has 0 aliphatic heterocycles. The Morgan fingerprint density at radius 2 is 2.06 bits per heavy atom. The van der Waals surface area contributed by atoms with E-state index in [9.17, 15) is 0 Å². The molecule has 1 unspecified atom stereocenters. The van der Waals surface area contributed by atoms with Crippen LogP contribution in [0.25, 0.3) is 0 Å². The Kier molecular flexibility index (Phi) is 4.96. The van der Waals surface area contributed by atoms with Crippen molar-refractivity contribution in [3.63, 3.8) is 0 Å². The molecule has 94 valence electrons. The molecular weight excluding hydrogens is 198 g/mol. The molecule has 1 rings (SSSR count). The van der Waals surface area contributed by atoms with E-state index >= 15 is 0 Å². The first-order chi connectivity index (χ1) is 7.56. The van der Waals surface area contributed by atoms with Crippen LogP contribution in [0.3, 0.4) is 0 Å². The Bertz CT molecular complexity index is 217. The number of nitrogens with one attached hydrogen (secondary N) is 1. The third-order valence-electron chi connectivity index (χ3n) is 4.28. The molecule has 3 heteroatoms. The van der Waals surface area contributed by atoms with Crippen molar-refractivity contribution in [2.75, 3.05) is 14.1 Å². The van der Waals surface area contributed by atoms with E-state index < -0.39 is 0 Å². The van der Waals surface area contributed by atoms with Crippen molar-refractivity contribution in [3.05, 3.63) is 12.7 Å². The summed E-state index contributed by atoms with van der Waals surface area (Å²) >= 11 is 0. The molecule has 0 radical (unpaired) electrons. The maximum atomic E-state index is 5.72. The van der Waals surface area contributed by atoms with Gasteiger partial charge in [-0.3, -0.25) is 11.3 Å². The van der Waals surface area contributed by atoms with Gasteiger partial charge in [-0.1, -0.05) is 13.0 Å². The third-order valence-corrected chi connectivity index (χ3v) is 4.28. The van der Waals surface area contributed by atoms with Crippen LogP contribution in [-0.2, 0) is 0 Å². The molecule has 0 saturated heterocycles. The van der Waals surface area contributed by atoms with E-state index in [0.717, 1.165) is 12.3 Å². The van der Waals surface area contributed by atoms with Crippen LogP contribution < -0.4 is 11.3 Å². The van der Waals surface area contributed by atoms with Crippen LogP contribution in [0.4, 0.5) is 0 Å². The second-order valence-electron chi connectivity index (χ2n) is 5.42. The molecule has 1 fully saturated rings. The van der Waals surface area contributed by atoms with Gasteiger partial charge in [0.15, 0.2) is 0 Å². The summed E-state index contributed by atoms with van der Waals surface area (Å²) in [4.78, 5) is 2.35. The van der Waals surface area contributed by atoms with Crippen LogP contribution in [-0.4, -0.2) is 30.6 Å². The summed E-state index contributed by atoms with van der Waals surface area (Å²) in [5, 5.41) is 0. The van der Waals surface area contributed by atoms with Gasteiger partial charge in [-0.05, 0) is 52.1 Å². The first-order valence-electron chi connectivity index (χ1n) is 6.31. The fourth-order valence-corrected chi connectivity index (χ4v) is 2.98. The molecule has 0 heterocycles. The fourth-order valence-electron chi connectivity index (χ4n) is 2.98. The van der Waals surface area contributed by atoms with Crippen LogP contribution in [0, 0.1) is 5.92 Å². The molecule has 1 aliphatic rings. The van der Waals surface area contributed by atoms with Crippen molar-refractivity contribution in [2.45, 2.75) is 50.6 Å². The quantitative estimate of drug-likeness (QED) is 0.426. The van der Waals surface area contributed by atoms with Crippen LogP contribution in [0.5, 0.6) is 0 Å². The van der Waals surface area contributed by atoms with Gasteiger partial charge in [-0.25, -0.2) is 0 Å². The lowest BCUT2D eigenvalue weighted by Crippen LogP contribution is -2.61. The first kappa shape index (κ1) is 13.7. The van der Waals surface area contributed by atoms with Gasteiger partial charge in [0.25, 0.3) is 0 Å². The lowest BCUT2D eigenvalue weighted by atomic mass is 9.71. The second-order valence-corrected chi connectivity index (χ2v) is 5.42. The van der Waals surface area contributed by atoms with Gasteiger partial charge < -0.3 is 4.90 Å². The van der Waals surface area contributed by atoms with Gasteiger partial charge in [0.05, 0.1) is 0 Å². The van der Waals surface area contributed by atoms with Crippen molar-refractivity contribution < 1.29 is 0 Å². The number of likely N-dealkylation sites (N-methyl/N-ethyl adjacent to an activating group) is 1. The molecule has 0 bridgehead atoms. The highest BCUT2D eigenvalue weighted by Crippen LogP contribution is 2.38. The molecule has 3 N–H and O–H groups in total. The maximum Gasteiger partial charge on any atom is 0.0428 e. The Morgan fingerprint density at radius 1 is 1.50 bits per heavy atom. The highest BCUT2D eigenvalue weighted by atomic mass is 15.3. The fraction of sp³-hybridized carbons (Fsp3) is 0.846. The summed E-state index contributed by atoms with van der Waals surface area (Å²) in [6.45, 7) is 6.18. The van der Waals surface area contributed by atoms with Gasteiger partial charge in [-0.2, -0.15) is 0 Å². The van der Waals surface area contributed by atoms with Crippen LogP contribution in [0.1, 0.15) is 39.0 Å².